The Bertz CT molecular complexity index is 879. The Morgan fingerprint density at radius 3 is 2.62 bits per heavy atom. The molecule has 0 spiro atoms. The summed E-state index contributed by atoms with van der Waals surface area (Å²) >= 11 is 0. The van der Waals surface area contributed by atoms with Crippen molar-refractivity contribution < 1.29 is 8.78 Å². The first-order valence-corrected chi connectivity index (χ1v) is 8.25. The molecule has 3 heterocycles. The molecule has 4 rings (SSSR count). The van der Waals surface area contributed by atoms with Gasteiger partial charge in [-0.25, -0.2) is 13.8 Å². The van der Waals surface area contributed by atoms with Gasteiger partial charge in [0.25, 0.3) is 0 Å². The quantitative estimate of drug-likeness (QED) is 0.699. The monoisotopic (exact) mass is 327 g/mol. The van der Waals surface area contributed by atoms with Crippen molar-refractivity contribution in [1.29, 1.82) is 0 Å². The van der Waals surface area contributed by atoms with Crippen molar-refractivity contribution in [3.63, 3.8) is 0 Å². The second-order valence-corrected chi connectivity index (χ2v) is 6.48. The Hall–Kier alpha value is -2.43. The summed E-state index contributed by atoms with van der Waals surface area (Å²) < 4.78 is 29.4. The molecule has 124 valence electrons. The molecule has 0 radical (unpaired) electrons. The molecule has 0 saturated carbocycles. The van der Waals surface area contributed by atoms with E-state index >= 15 is 0 Å². The maximum atomic E-state index is 14.2. The largest absolute Gasteiger partial charge is 0.370 e. The minimum atomic E-state index is -0.298. The number of nitrogens with zero attached hydrogens (tertiary/aromatic N) is 3. The van der Waals surface area contributed by atoms with Crippen molar-refractivity contribution >= 4 is 11.3 Å². The van der Waals surface area contributed by atoms with Gasteiger partial charge < -0.3 is 9.30 Å². The van der Waals surface area contributed by atoms with Crippen LogP contribution in [-0.4, -0.2) is 22.5 Å². The number of anilines is 1. The van der Waals surface area contributed by atoms with E-state index in [1.165, 1.54) is 6.07 Å². The zero-order valence-electron chi connectivity index (χ0n) is 13.5. The van der Waals surface area contributed by atoms with E-state index in [2.05, 4.69) is 9.88 Å². The fourth-order valence-corrected chi connectivity index (χ4v) is 3.57. The maximum absolute atomic E-state index is 14.2. The van der Waals surface area contributed by atoms with E-state index < -0.39 is 0 Å². The standard InChI is InChI=1S/C19H19F2N3/c1-13-11-24-12-17(10-18(21)19(24)22-13)23-7-5-14(6-8-23)15-3-2-4-16(20)9-15/h2-4,9-12,14H,5-8H2,1H3. The number of benzene rings is 1. The molecule has 1 aromatic carbocycles. The van der Waals surface area contributed by atoms with Crippen LogP contribution in [-0.2, 0) is 0 Å². The lowest BCUT2D eigenvalue weighted by Crippen LogP contribution is -2.33. The highest BCUT2D eigenvalue weighted by Crippen LogP contribution is 2.31. The molecule has 0 unspecified atom stereocenters. The number of fused-ring (bicyclic) bond motifs is 1. The fourth-order valence-electron chi connectivity index (χ4n) is 3.57. The molecule has 0 amide bonds. The second kappa shape index (κ2) is 5.89. The van der Waals surface area contributed by atoms with E-state index in [4.69, 9.17) is 0 Å². The molecular formula is C19H19F2N3. The summed E-state index contributed by atoms with van der Waals surface area (Å²) in [6, 6.07) is 8.42. The van der Waals surface area contributed by atoms with Crippen LogP contribution in [0.15, 0.2) is 42.7 Å². The molecular weight excluding hydrogens is 308 g/mol. The minimum absolute atomic E-state index is 0.182. The molecule has 0 aliphatic carbocycles. The molecule has 1 saturated heterocycles. The number of halogens is 2. The molecule has 3 aromatic rings. The zero-order chi connectivity index (χ0) is 16.7. The molecule has 1 aliphatic heterocycles. The second-order valence-electron chi connectivity index (χ2n) is 6.48. The van der Waals surface area contributed by atoms with E-state index in [0.29, 0.717) is 11.6 Å². The van der Waals surface area contributed by atoms with E-state index in [9.17, 15) is 8.78 Å². The predicted molar refractivity (Wildman–Crippen MR) is 90.5 cm³/mol. The summed E-state index contributed by atoms with van der Waals surface area (Å²) in [6.07, 6.45) is 5.64. The van der Waals surface area contributed by atoms with Crippen LogP contribution in [0.3, 0.4) is 0 Å². The molecule has 0 atom stereocenters. The summed E-state index contributed by atoms with van der Waals surface area (Å²) in [5.74, 6) is -0.119. The van der Waals surface area contributed by atoms with Crippen LogP contribution in [0.4, 0.5) is 14.5 Å². The molecule has 1 aliphatic rings. The van der Waals surface area contributed by atoms with Crippen molar-refractivity contribution in [2.75, 3.05) is 18.0 Å². The maximum Gasteiger partial charge on any atom is 0.173 e. The average molecular weight is 327 g/mol. The molecule has 0 bridgehead atoms. The molecule has 24 heavy (non-hydrogen) atoms. The first kappa shape index (κ1) is 15.1. The lowest BCUT2D eigenvalue weighted by atomic mass is 9.89. The van der Waals surface area contributed by atoms with E-state index in [0.717, 1.165) is 42.9 Å². The molecule has 2 aromatic heterocycles. The highest BCUT2D eigenvalue weighted by molar-refractivity contribution is 5.54. The van der Waals surface area contributed by atoms with Crippen LogP contribution < -0.4 is 4.90 Å². The average Bonchev–Trinajstić information content (AvgIpc) is 2.96. The first-order chi connectivity index (χ1) is 11.6. The third-order valence-electron chi connectivity index (χ3n) is 4.79. The molecule has 0 N–H and O–H groups in total. The van der Waals surface area contributed by atoms with Gasteiger partial charge in [0, 0.05) is 31.5 Å². The first-order valence-electron chi connectivity index (χ1n) is 8.25. The van der Waals surface area contributed by atoms with Gasteiger partial charge in [0.15, 0.2) is 11.5 Å². The number of rotatable bonds is 2. The van der Waals surface area contributed by atoms with Gasteiger partial charge in [0.2, 0.25) is 0 Å². The van der Waals surface area contributed by atoms with Crippen molar-refractivity contribution in [3.05, 3.63) is 65.6 Å². The highest BCUT2D eigenvalue weighted by atomic mass is 19.1. The number of imidazole rings is 1. The number of hydrogen-bond acceptors (Lipinski definition) is 2. The molecule has 1 fully saturated rings. The summed E-state index contributed by atoms with van der Waals surface area (Å²) in [5, 5.41) is 0. The Morgan fingerprint density at radius 2 is 1.88 bits per heavy atom. The lowest BCUT2D eigenvalue weighted by Gasteiger charge is -2.33. The summed E-state index contributed by atoms with van der Waals surface area (Å²) in [6.45, 7) is 3.52. The summed E-state index contributed by atoms with van der Waals surface area (Å²) in [4.78, 5) is 6.38. The summed E-state index contributed by atoms with van der Waals surface area (Å²) in [7, 11) is 0. The third kappa shape index (κ3) is 2.75. The zero-order valence-corrected chi connectivity index (χ0v) is 13.5. The van der Waals surface area contributed by atoms with Crippen molar-refractivity contribution in [3.8, 4) is 0 Å². The van der Waals surface area contributed by atoms with Crippen molar-refractivity contribution in [1.82, 2.24) is 9.38 Å². The van der Waals surface area contributed by atoms with E-state index in [-0.39, 0.29) is 11.6 Å². The topological polar surface area (TPSA) is 20.5 Å². The van der Waals surface area contributed by atoms with Gasteiger partial charge >= 0.3 is 0 Å². The predicted octanol–water partition coefficient (Wildman–Crippen LogP) is 4.30. The van der Waals surface area contributed by atoms with E-state index in [1.807, 2.05) is 25.4 Å². The van der Waals surface area contributed by atoms with E-state index in [1.54, 1.807) is 22.6 Å². The van der Waals surface area contributed by atoms with Crippen LogP contribution in [0.25, 0.3) is 5.65 Å². The van der Waals surface area contributed by atoms with Gasteiger partial charge in [-0.05, 0) is 43.4 Å². The smallest absolute Gasteiger partial charge is 0.173 e. The van der Waals surface area contributed by atoms with Crippen molar-refractivity contribution in [2.45, 2.75) is 25.7 Å². The number of aryl methyl sites for hydroxylation is 1. The fraction of sp³-hybridized carbons (Fsp3) is 0.316. The van der Waals surface area contributed by atoms with Gasteiger partial charge in [0.05, 0.1) is 11.4 Å². The van der Waals surface area contributed by atoms with Crippen molar-refractivity contribution in [2.24, 2.45) is 0 Å². The highest BCUT2D eigenvalue weighted by Gasteiger charge is 2.22. The van der Waals surface area contributed by atoms with Crippen LogP contribution in [0, 0.1) is 18.6 Å². The van der Waals surface area contributed by atoms with Gasteiger partial charge in [-0.3, -0.25) is 0 Å². The Balaban J connectivity index is 1.53. The number of hydrogen-bond donors (Lipinski definition) is 0. The van der Waals surface area contributed by atoms with Gasteiger partial charge in [-0.1, -0.05) is 12.1 Å². The lowest BCUT2D eigenvalue weighted by molar-refractivity contribution is 0.501. The Kier molecular flexibility index (Phi) is 3.71. The van der Waals surface area contributed by atoms with Gasteiger partial charge in [-0.15, -0.1) is 0 Å². The SMILES string of the molecule is Cc1cn2cc(N3CCC(c4cccc(F)c4)CC3)cc(F)c2n1. The molecule has 5 heteroatoms. The third-order valence-corrected chi connectivity index (χ3v) is 4.79. The minimum Gasteiger partial charge on any atom is -0.370 e. The van der Waals surface area contributed by atoms with Gasteiger partial charge in [-0.2, -0.15) is 0 Å². The Labute approximate surface area is 139 Å². The summed E-state index contributed by atoms with van der Waals surface area (Å²) in [5.41, 5.74) is 3.10. The number of piperidine rings is 1. The van der Waals surface area contributed by atoms with Crippen LogP contribution >= 0.6 is 0 Å². The van der Waals surface area contributed by atoms with Crippen LogP contribution in [0.2, 0.25) is 0 Å². The van der Waals surface area contributed by atoms with Crippen LogP contribution in [0.1, 0.15) is 30.0 Å². The normalized spacial score (nSPS) is 16.0. The van der Waals surface area contributed by atoms with Crippen LogP contribution in [0.5, 0.6) is 0 Å². The Morgan fingerprint density at radius 1 is 1.08 bits per heavy atom. The van der Waals surface area contributed by atoms with Gasteiger partial charge in [0.1, 0.15) is 5.82 Å². The number of pyridine rings is 1. The molecule has 3 nitrogen and oxygen atoms in total. The number of aromatic nitrogens is 2.